The van der Waals surface area contributed by atoms with Gasteiger partial charge in [-0.05, 0) is 122 Å². The van der Waals surface area contributed by atoms with Crippen LogP contribution in [0, 0.1) is 0 Å². The van der Waals surface area contributed by atoms with Crippen LogP contribution in [0.3, 0.4) is 0 Å². The Morgan fingerprint density at radius 3 is 1.51 bits per heavy atom. The minimum absolute atomic E-state index is 0.0585. The van der Waals surface area contributed by atoms with Crippen molar-refractivity contribution in [2.75, 3.05) is 0 Å². The zero-order chi connectivity index (χ0) is 46.2. The summed E-state index contributed by atoms with van der Waals surface area (Å²) >= 11 is 0. The third kappa shape index (κ3) is 8.58. The summed E-state index contributed by atoms with van der Waals surface area (Å²) in [4.78, 5) is 18.9. The summed E-state index contributed by atoms with van der Waals surface area (Å²) < 4.78 is 6.80. The molecule has 9 rings (SSSR count). The van der Waals surface area contributed by atoms with Gasteiger partial charge in [0.05, 0.1) is 22.8 Å². The van der Waals surface area contributed by atoms with E-state index in [1.54, 1.807) is 0 Å². The summed E-state index contributed by atoms with van der Waals surface area (Å²) in [5.41, 5.74) is 20.0. The Balaban J connectivity index is 1.46. The molecule has 5 heteroatoms. The monoisotopic (exact) mass is 859 g/mol. The summed E-state index contributed by atoms with van der Waals surface area (Å²) in [6.45, 7) is 29.8. The third-order valence-corrected chi connectivity index (χ3v) is 13.2. The molecule has 4 aromatic heterocycles. The van der Waals surface area contributed by atoms with E-state index < -0.39 is 0 Å². The van der Waals surface area contributed by atoms with Gasteiger partial charge in [-0.25, -0.2) is 9.97 Å². The number of H-pyrrole nitrogens is 2. The predicted octanol–water partition coefficient (Wildman–Crippen LogP) is 16.9. The number of aromatic amines is 2. The maximum atomic E-state index is 6.80. The van der Waals surface area contributed by atoms with E-state index in [2.05, 4.69) is 215 Å². The van der Waals surface area contributed by atoms with Crippen molar-refractivity contribution >= 4 is 57.3 Å². The van der Waals surface area contributed by atoms with Crippen LogP contribution in [-0.4, -0.2) is 19.9 Å². The van der Waals surface area contributed by atoms with Gasteiger partial charge in [-0.15, -0.1) is 0 Å². The maximum Gasteiger partial charge on any atom is 0.134 e. The van der Waals surface area contributed by atoms with Gasteiger partial charge < -0.3 is 14.4 Å². The fourth-order valence-electron chi connectivity index (χ4n) is 9.17. The second kappa shape index (κ2) is 16.0. The predicted molar refractivity (Wildman–Crippen MR) is 278 cm³/mol. The summed E-state index contributed by atoms with van der Waals surface area (Å²) in [5.74, 6) is 0.985. The lowest BCUT2D eigenvalue weighted by Gasteiger charge is -2.26. The molecular formula is C60H66N4O. The van der Waals surface area contributed by atoms with Crippen molar-refractivity contribution in [2.45, 2.75) is 131 Å². The van der Waals surface area contributed by atoms with Crippen molar-refractivity contribution < 1.29 is 4.42 Å². The van der Waals surface area contributed by atoms with Crippen molar-refractivity contribution in [3.8, 4) is 33.4 Å². The van der Waals surface area contributed by atoms with Crippen LogP contribution in [0.2, 0.25) is 0 Å². The molecule has 0 saturated heterocycles. The second-order valence-electron chi connectivity index (χ2n) is 22.5. The van der Waals surface area contributed by atoms with Crippen LogP contribution < -0.4 is 0 Å². The number of aryl methyl sites for hydroxylation is 1. The van der Waals surface area contributed by atoms with Gasteiger partial charge in [0, 0.05) is 56.1 Å². The summed E-state index contributed by atoms with van der Waals surface area (Å²) in [5, 5.41) is 1.09. The Labute approximate surface area is 386 Å². The molecule has 0 spiro atoms. The van der Waals surface area contributed by atoms with Crippen LogP contribution in [0.1, 0.15) is 154 Å². The highest BCUT2D eigenvalue weighted by Gasteiger charge is 2.27. The molecule has 0 amide bonds. The Kier molecular flexibility index (Phi) is 10.9. The SMILES string of the molecule is CCCCc1oc2ccccc2c1-c1c2nc(c(-c3cc(C(C)(C)C)cc(C(C)(C)C)c3)c3ccc(cc4nc(c(-c5cc(C(C)(C)C)cc(C(C)(C)C)c5)c5ccc1[nH]5)C=C4)[nH]3)C=C2. The zero-order valence-electron chi connectivity index (χ0n) is 40.9. The molecule has 0 fully saturated rings. The first-order chi connectivity index (χ1) is 30.7. The summed E-state index contributed by atoms with van der Waals surface area (Å²) in [6, 6.07) is 33.7. The number of hydrogen-bond donors (Lipinski definition) is 2. The van der Waals surface area contributed by atoms with E-state index in [4.69, 9.17) is 14.4 Å². The zero-order valence-corrected chi connectivity index (χ0v) is 40.9. The molecule has 8 bridgehead atoms. The van der Waals surface area contributed by atoms with Crippen LogP contribution in [0.5, 0.6) is 0 Å². The number of furan rings is 1. The molecule has 0 atom stereocenters. The first-order valence-corrected chi connectivity index (χ1v) is 23.6. The van der Waals surface area contributed by atoms with Gasteiger partial charge in [-0.2, -0.15) is 0 Å². The Bertz CT molecular complexity index is 3080. The highest BCUT2D eigenvalue weighted by molar-refractivity contribution is 6.05. The molecular weight excluding hydrogens is 793 g/mol. The third-order valence-electron chi connectivity index (χ3n) is 13.2. The maximum absolute atomic E-state index is 6.80. The number of nitrogens with one attached hydrogen (secondary N) is 2. The van der Waals surface area contributed by atoms with Gasteiger partial charge in [-0.3, -0.25) is 0 Å². The smallest absolute Gasteiger partial charge is 0.134 e. The Hall–Kier alpha value is -6.20. The molecule has 2 N–H and O–H groups in total. The second-order valence-corrected chi connectivity index (χ2v) is 22.5. The van der Waals surface area contributed by atoms with Crippen LogP contribution in [-0.2, 0) is 28.1 Å². The van der Waals surface area contributed by atoms with Gasteiger partial charge in [0.15, 0.2) is 0 Å². The molecule has 0 saturated carbocycles. The van der Waals surface area contributed by atoms with E-state index in [0.717, 1.165) is 114 Å². The lowest BCUT2D eigenvalue weighted by atomic mass is 9.78. The fraction of sp³-hybridized carbons (Fsp3) is 0.333. The van der Waals surface area contributed by atoms with E-state index in [0.29, 0.717) is 0 Å². The molecule has 2 aliphatic rings. The van der Waals surface area contributed by atoms with Gasteiger partial charge in [0.1, 0.15) is 11.3 Å². The highest BCUT2D eigenvalue weighted by atomic mass is 16.3. The van der Waals surface area contributed by atoms with E-state index in [-0.39, 0.29) is 21.7 Å². The first-order valence-electron chi connectivity index (χ1n) is 23.6. The Morgan fingerprint density at radius 1 is 0.477 bits per heavy atom. The molecule has 0 radical (unpaired) electrons. The van der Waals surface area contributed by atoms with E-state index in [9.17, 15) is 0 Å². The first kappa shape index (κ1) is 44.0. The van der Waals surface area contributed by atoms with Crippen LogP contribution in [0.15, 0.2) is 95.4 Å². The average molecular weight is 859 g/mol. The van der Waals surface area contributed by atoms with Crippen molar-refractivity contribution in [3.05, 3.63) is 142 Å². The normalized spacial score (nSPS) is 13.4. The largest absolute Gasteiger partial charge is 0.460 e. The van der Waals surface area contributed by atoms with Crippen molar-refractivity contribution in [1.82, 2.24) is 19.9 Å². The number of para-hydroxylation sites is 1. The lowest BCUT2D eigenvalue weighted by molar-refractivity contribution is 0.538. The average Bonchev–Trinajstić information content (AvgIpc) is 4.10. The van der Waals surface area contributed by atoms with Crippen LogP contribution in [0.25, 0.3) is 90.7 Å². The number of benzene rings is 3. The minimum Gasteiger partial charge on any atom is -0.460 e. The summed E-state index contributed by atoms with van der Waals surface area (Å²) in [6.07, 6.45) is 11.6. The standard InChI is InChI=1S/C60H66N4O/c1-14-15-19-52-55(44-18-16-17-20-51(44)65-52)56-49-27-25-47(63-49)53(36-29-38(57(2,3)4)33-39(30-36)58(5,6)7)45-23-21-42(61-45)35-43-22-24-46(62-43)54(48-26-28-50(56)64-48)37-31-40(59(8,9)10)34-41(32-37)60(11,12)13/h16-18,20-35,61,64H,14-15,19H2,1-13H3. The molecule has 3 aromatic carbocycles. The van der Waals surface area contributed by atoms with E-state index >= 15 is 0 Å². The minimum atomic E-state index is -0.0585. The number of hydrogen-bond acceptors (Lipinski definition) is 3. The molecule has 6 heterocycles. The van der Waals surface area contributed by atoms with Crippen molar-refractivity contribution in [1.29, 1.82) is 0 Å². The van der Waals surface area contributed by atoms with Crippen molar-refractivity contribution in [3.63, 3.8) is 0 Å². The Morgan fingerprint density at radius 2 is 0.954 bits per heavy atom. The number of fused-ring (bicyclic) bond motifs is 9. The molecule has 0 unspecified atom stereocenters. The van der Waals surface area contributed by atoms with E-state index in [1.165, 1.54) is 22.3 Å². The molecule has 65 heavy (non-hydrogen) atoms. The number of nitrogens with zero attached hydrogens (tertiary/aromatic N) is 2. The van der Waals surface area contributed by atoms with E-state index in [1.807, 2.05) is 0 Å². The fourth-order valence-corrected chi connectivity index (χ4v) is 9.17. The number of unbranched alkanes of at least 4 members (excludes halogenated alkanes) is 1. The van der Waals surface area contributed by atoms with Gasteiger partial charge in [0.25, 0.3) is 0 Å². The highest BCUT2D eigenvalue weighted by Crippen LogP contribution is 2.44. The van der Waals surface area contributed by atoms with Gasteiger partial charge in [-0.1, -0.05) is 151 Å². The number of rotatable bonds is 6. The molecule has 5 nitrogen and oxygen atoms in total. The lowest BCUT2D eigenvalue weighted by Crippen LogP contribution is -2.16. The molecule has 2 aliphatic heterocycles. The van der Waals surface area contributed by atoms with Crippen molar-refractivity contribution in [2.24, 2.45) is 0 Å². The molecule has 0 aliphatic carbocycles. The number of aromatic nitrogens is 4. The van der Waals surface area contributed by atoms with Crippen LogP contribution >= 0.6 is 0 Å². The molecule has 7 aromatic rings. The van der Waals surface area contributed by atoms with Crippen LogP contribution in [0.4, 0.5) is 0 Å². The van der Waals surface area contributed by atoms with Gasteiger partial charge in [0.2, 0.25) is 0 Å². The summed E-state index contributed by atoms with van der Waals surface area (Å²) in [7, 11) is 0. The van der Waals surface area contributed by atoms with Gasteiger partial charge >= 0.3 is 0 Å². The quantitative estimate of drug-likeness (QED) is 0.175. The molecule has 332 valence electrons. The topological polar surface area (TPSA) is 70.5 Å².